The Morgan fingerprint density at radius 3 is 2.39 bits per heavy atom. The average Bonchev–Trinajstić information content (AvgIpc) is 3.24. The number of hydrogen-bond acceptors (Lipinski definition) is 5. The van der Waals surface area contributed by atoms with E-state index in [1.54, 1.807) is 12.2 Å². The molecule has 0 aliphatic heterocycles. The van der Waals surface area contributed by atoms with Gasteiger partial charge in [-0.15, -0.1) is 10.2 Å². The molecule has 0 saturated heterocycles. The van der Waals surface area contributed by atoms with Gasteiger partial charge in [-0.05, 0) is 42.7 Å². The Kier molecular flexibility index (Phi) is 5.01. The highest BCUT2D eigenvalue weighted by Gasteiger charge is 2.17. The minimum absolute atomic E-state index is 0.384. The highest BCUT2D eigenvalue weighted by Crippen LogP contribution is 2.29. The third kappa shape index (κ3) is 4.01. The standard InChI is InChI=1S/C22H18N2O4/c25-22(26)18-8-6-16(7-9-18)20-23-24-21(28-20)17-10-12-19(13-11-17)27-14-15-4-2-1-3-5-15/h1-6,8,10-13H,7,9,14H2,(H,25,26). The van der Waals surface area contributed by atoms with Gasteiger partial charge < -0.3 is 14.3 Å². The lowest BCUT2D eigenvalue weighted by molar-refractivity contribution is -0.132. The lowest BCUT2D eigenvalue weighted by Crippen LogP contribution is -2.03. The molecule has 28 heavy (non-hydrogen) atoms. The van der Waals surface area contributed by atoms with Crippen LogP contribution < -0.4 is 4.74 Å². The molecule has 1 aliphatic rings. The number of carboxylic acid groups (broad SMARTS) is 1. The summed E-state index contributed by atoms with van der Waals surface area (Å²) in [7, 11) is 0. The summed E-state index contributed by atoms with van der Waals surface area (Å²) in [5.74, 6) is 0.698. The van der Waals surface area contributed by atoms with Crippen molar-refractivity contribution in [2.75, 3.05) is 0 Å². The molecule has 0 saturated carbocycles. The normalized spacial score (nSPS) is 13.6. The zero-order chi connectivity index (χ0) is 19.3. The predicted molar refractivity (Wildman–Crippen MR) is 103 cm³/mol. The number of benzene rings is 2. The molecule has 1 aromatic heterocycles. The first-order valence-electron chi connectivity index (χ1n) is 8.93. The molecule has 0 radical (unpaired) electrons. The van der Waals surface area contributed by atoms with Crippen molar-refractivity contribution in [3.63, 3.8) is 0 Å². The summed E-state index contributed by atoms with van der Waals surface area (Å²) in [4.78, 5) is 11.0. The smallest absolute Gasteiger partial charge is 0.331 e. The Bertz CT molecular complexity index is 1030. The van der Waals surface area contributed by atoms with Gasteiger partial charge in [0.1, 0.15) is 12.4 Å². The van der Waals surface area contributed by atoms with Crippen LogP contribution in [0.5, 0.6) is 5.75 Å². The topological polar surface area (TPSA) is 85.5 Å². The summed E-state index contributed by atoms with van der Waals surface area (Å²) in [6, 6.07) is 17.4. The molecule has 4 rings (SSSR count). The second-order valence-electron chi connectivity index (χ2n) is 6.40. The van der Waals surface area contributed by atoms with Gasteiger partial charge in [-0.25, -0.2) is 4.79 Å². The molecule has 0 spiro atoms. The highest BCUT2D eigenvalue weighted by atomic mass is 16.5. The molecular formula is C22H18N2O4. The van der Waals surface area contributed by atoms with Crippen LogP contribution in [0.3, 0.4) is 0 Å². The summed E-state index contributed by atoms with van der Waals surface area (Å²) in [6.07, 6.45) is 4.33. The van der Waals surface area contributed by atoms with Crippen LogP contribution in [0.4, 0.5) is 0 Å². The van der Waals surface area contributed by atoms with Crippen molar-refractivity contribution in [2.45, 2.75) is 19.4 Å². The first-order valence-corrected chi connectivity index (χ1v) is 8.93. The number of carboxylic acids is 1. The van der Waals surface area contributed by atoms with Crippen molar-refractivity contribution in [1.29, 1.82) is 0 Å². The Morgan fingerprint density at radius 1 is 0.964 bits per heavy atom. The maximum absolute atomic E-state index is 11.0. The first-order chi connectivity index (χ1) is 13.7. The molecule has 6 nitrogen and oxygen atoms in total. The lowest BCUT2D eigenvalue weighted by atomic mass is 9.98. The van der Waals surface area contributed by atoms with Gasteiger partial charge in [0.15, 0.2) is 0 Å². The third-order valence-corrected chi connectivity index (χ3v) is 4.47. The van der Waals surface area contributed by atoms with Crippen LogP contribution in [0, 0.1) is 0 Å². The summed E-state index contributed by atoms with van der Waals surface area (Å²) < 4.78 is 11.5. The Morgan fingerprint density at radius 2 is 1.71 bits per heavy atom. The van der Waals surface area contributed by atoms with E-state index >= 15 is 0 Å². The molecule has 0 atom stereocenters. The van der Waals surface area contributed by atoms with Gasteiger partial charge in [0, 0.05) is 16.7 Å². The van der Waals surface area contributed by atoms with E-state index in [2.05, 4.69) is 10.2 Å². The van der Waals surface area contributed by atoms with Crippen LogP contribution >= 0.6 is 0 Å². The molecule has 140 valence electrons. The van der Waals surface area contributed by atoms with Gasteiger partial charge in [0.05, 0.1) is 0 Å². The molecule has 0 fully saturated rings. The van der Waals surface area contributed by atoms with Crippen LogP contribution in [0.15, 0.2) is 76.7 Å². The van der Waals surface area contributed by atoms with Crippen LogP contribution in [-0.2, 0) is 11.4 Å². The minimum Gasteiger partial charge on any atom is -0.489 e. The van der Waals surface area contributed by atoms with Crippen molar-refractivity contribution in [3.8, 4) is 17.2 Å². The first kappa shape index (κ1) is 17.7. The molecule has 0 bridgehead atoms. The van der Waals surface area contributed by atoms with E-state index in [0.717, 1.165) is 22.4 Å². The number of hydrogen-bond donors (Lipinski definition) is 1. The fourth-order valence-corrected chi connectivity index (χ4v) is 2.90. The van der Waals surface area contributed by atoms with E-state index in [9.17, 15) is 4.79 Å². The molecule has 1 N–H and O–H groups in total. The number of nitrogens with zero attached hydrogens (tertiary/aromatic N) is 2. The van der Waals surface area contributed by atoms with Crippen molar-refractivity contribution >= 4 is 11.5 Å². The lowest BCUT2D eigenvalue weighted by Gasteiger charge is -2.08. The molecule has 6 heteroatoms. The van der Waals surface area contributed by atoms with Crippen molar-refractivity contribution in [1.82, 2.24) is 10.2 Å². The highest BCUT2D eigenvalue weighted by molar-refractivity contribution is 5.88. The molecular weight excluding hydrogens is 356 g/mol. The van der Waals surface area contributed by atoms with Crippen LogP contribution in [0.1, 0.15) is 24.3 Å². The number of aliphatic carboxylic acids is 1. The molecule has 1 heterocycles. The summed E-state index contributed by atoms with van der Waals surface area (Å²) in [6.45, 7) is 0.505. The Hall–Kier alpha value is -3.67. The van der Waals surface area contributed by atoms with Gasteiger partial charge in [0.25, 0.3) is 0 Å². The maximum atomic E-state index is 11.0. The fraction of sp³-hybridized carbons (Fsp3) is 0.136. The van der Waals surface area contributed by atoms with Crippen molar-refractivity contribution in [2.24, 2.45) is 0 Å². The van der Waals surface area contributed by atoms with E-state index in [1.165, 1.54) is 0 Å². The predicted octanol–water partition coefficient (Wildman–Crippen LogP) is 4.50. The van der Waals surface area contributed by atoms with E-state index in [4.69, 9.17) is 14.3 Å². The largest absolute Gasteiger partial charge is 0.489 e. The minimum atomic E-state index is -0.893. The number of ether oxygens (including phenoxy) is 1. The monoisotopic (exact) mass is 374 g/mol. The Balaban J connectivity index is 1.43. The van der Waals surface area contributed by atoms with E-state index in [0.29, 0.717) is 36.8 Å². The van der Waals surface area contributed by atoms with Crippen LogP contribution in [0.25, 0.3) is 17.0 Å². The van der Waals surface area contributed by atoms with E-state index < -0.39 is 5.97 Å². The molecule has 0 unspecified atom stereocenters. The quantitative estimate of drug-likeness (QED) is 0.683. The van der Waals surface area contributed by atoms with Crippen molar-refractivity contribution < 1.29 is 19.1 Å². The number of aromatic nitrogens is 2. The summed E-state index contributed by atoms with van der Waals surface area (Å²) in [5, 5.41) is 17.2. The maximum Gasteiger partial charge on any atom is 0.331 e. The zero-order valence-corrected chi connectivity index (χ0v) is 15.0. The number of rotatable bonds is 6. The van der Waals surface area contributed by atoms with Gasteiger partial charge in [-0.2, -0.15) is 0 Å². The number of carbonyl (C=O) groups is 1. The second kappa shape index (κ2) is 7.92. The van der Waals surface area contributed by atoms with E-state index in [-0.39, 0.29) is 0 Å². The summed E-state index contributed by atoms with van der Waals surface area (Å²) >= 11 is 0. The second-order valence-corrected chi connectivity index (χ2v) is 6.40. The number of allylic oxidation sites excluding steroid dienone is 3. The molecule has 3 aromatic rings. The van der Waals surface area contributed by atoms with Crippen LogP contribution in [0.2, 0.25) is 0 Å². The van der Waals surface area contributed by atoms with Gasteiger partial charge in [0.2, 0.25) is 11.8 Å². The van der Waals surface area contributed by atoms with E-state index in [1.807, 2.05) is 54.6 Å². The zero-order valence-electron chi connectivity index (χ0n) is 15.0. The molecule has 0 amide bonds. The molecule has 2 aromatic carbocycles. The average molecular weight is 374 g/mol. The Labute approximate surface area is 161 Å². The SMILES string of the molecule is O=C(O)C1=CC=C(c2nnc(-c3ccc(OCc4ccccc4)cc3)o2)CC1. The van der Waals surface area contributed by atoms with Gasteiger partial charge in [-0.3, -0.25) is 0 Å². The van der Waals surface area contributed by atoms with Crippen LogP contribution in [-0.4, -0.2) is 21.3 Å². The van der Waals surface area contributed by atoms with Crippen molar-refractivity contribution in [3.05, 3.63) is 83.8 Å². The fourth-order valence-electron chi connectivity index (χ4n) is 2.90. The van der Waals surface area contributed by atoms with Gasteiger partial charge >= 0.3 is 5.97 Å². The van der Waals surface area contributed by atoms with Gasteiger partial charge in [-0.1, -0.05) is 42.5 Å². The third-order valence-electron chi connectivity index (χ3n) is 4.47. The molecule has 1 aliphatic carbocycles. The summed E-state index contributed by atoms with van der Waals surface area (Å²) in [5.41, 5.74) is 3.12.